The summed E-state index contributed by atoms with van der Waals surface area (Å²) < 4.78 is 5.41. The molecular weight excluding hydrogens is 206 g/mol. The van der Waals surface area contributed by atoms with Gasteiger partial charge in [0, 0.05) is 29.6 Å². The Morgan fingerprint density at radius 2 is 2.31 bits per heavy atom. The molecule has 0 radical (unpaired) electrons. The van der Waals surface area contributed by atoms with Crippen LogP contribution in [0.3, 0.4) is 0 Å². The van der Waals surface area contributed by atoms with E-state index in [2.05, 4.69) is 9.97 Å². The molecule has 5 heteroatoms. The van der Waals surface area contributed by atoms with E-state index in [-0.39, 0.29) is 11.1 Å². The second kappa shape index (κ2) is 3.99. The number of aromatic nitrogens is 2. The van der Waals surface area contributed by atoms with Gasteiger partial charge in [0.25, 0.3) is 0 Å². The maximum absolute atomic E-state index is 11.5. The fourth-order valence-electron chi connectivity index (χ4n) is 1.92. The number of H-pyrrole nitrogens is 1. The Morgan fingerprint density at radius 1 is 1.56 bits per heavy atom. The number of rotatable bonds is 2. The van der Waals surface area contributed by atoms with Crippen LogP contribution in [0.2, 0.25) is 0 Å². The van der Waals surface area contributed by atoms with Gasteiger partial charge in [0.05, 0.1) is 18.9 Å². The highest BCUT2D eigenvalue weighted by Crippen LogP contribution is 2.26. The lowest BCUT2D eigenvalue weighted by molar-refractivity contribution is 0.107. The molecule has 1 aromatic rings. The highest BCUT2D eigenvalue weighted by Gasteiger charge is 2.27. The highest BCUT2D eigenvalue weighted by atomic mass is 16.5. The summed E-state index contributed by atoms with van der Waals surface area (Å²) in [5, 5.41) is 0. The molecule has 1 aliphatic heterocycles. The van der Waals surface area contributed by atoms with Crippen LogP contribution in [0.15, 0.2) is 4.79 Å². The standard InChI is InChI=1S/C11H17N3O2/c1-11(2,6-12)9-7-5-16-4-3-8(7)13-10(15)14-9/h3-6,12H2,1-2H3,(H,13,14,15). The van der Waals surface area contributed by atoms with Crippen molar-refractivity contribution in [3.05, 3.63) is 27.4 Å². The predicted molar refractivity (Wildman–Crippen MR) is 60.3 cm³/mol. The molecule has 5 nitrogen and oxygen atoms in total. The first kappa shape index (κ1) is 11.3. The van der Waals surface area contributed by atoms with Crippen molar-refractivity contribution in [2.24, 2.45) is 5.73 Å². The number of aromatic amines is 1. The molecule has 88 valence electrons. The maximum atomic E-state index is 11.5. The van der Waals surface area contributed by atoms with Crippen molar-refractivity contribution in [2.75, 3.05) is 13.2 Å². The van der Waals surface area contributed by atoms with Gasteiger partial charge in [0.2, 0.25) is 0 Å². The zero-order chi connectivity index (χ0) is 11.8. The Bertz CT molecular complexity index is 451. The first-order chi connectivity index (χ1) is 7.54. The molecule has 3 N–H and O–H groups in total. The summed E-state index contributed by atoms with van der Waals surface area (Å²) in [6, 6.07) is 0. The predicted octanol–water partition coefficient (Wildman–Crippen LogP) is 0.0789. The van der Waals surface area contributed by atoms with Crippen LogP contribution < -0.4 is 11.4 Å². The summed E-state index contributed by atoms with van der Waals surface area (Å²) in [5.41, 5.74) is 7.86. The average Bonchev–Trinajstić information content (AvgIpc) is 2.28. The van der Waals surface area contributed by atoms with Crippen molar-refractivity contribution in [3.8, 4) is 0 Å². The minimum Gasteiger partial charge on any atom is -0.376 e. The highest BCUT2D eigenvalue weighted by molar-refractivity contribution is 5.31. The third kappa shape index (κ3) is 1.88. The zero-order valence-electron chi connectivity index (χ0n) is 9.67. The normalized spacial score (nSPS) is 15.9. The fraction of sp³-hybridized carbons (Fsp3) is 0.636. The second-order valence-electron chi connectivity index (χ2n) is 4.74. The van der Waals surface area contributed by atoms with Crippen molar-refractivity contribution in [1.82, 2.24) is 9.97 Å². The van der Waals surface area contributed by atoms with Crippen LogP contribution in [-0.4, -0.2) is 23.1 Å². The van der Waals surface area contributed by atoms with Crippen molar-refractivity contribution >= 4 is 0 Å². The number of hydrogen-bond acceptors (Lipinski definition) is 4. The molecule has 0 fully saturated rings. The quantitative estimate of drug-likeness (QED) is 0.744. The van der Waals surface area contributed by atoms with E-state index in [1.54, 1.807) is 0 Å². The van der Waals surface area contributed by atoms with E-state index in [0.717, 1.165) is 23.4 Å². The van der Waals surface area contributed by atoms with Crippen LogP contribution in [0.25, 0.3) is 0 Å². The van der Waals surface area contributed by atoms with Gasteiger partial charge in [-0.05, 0) is 0 Å². The molecule has 0 unspecified atom stereocenters. The second-order valence-corrected chi connectivity index (χ2v) is 4.74. The van der Waals surface area contributed by atoms with Crippen LogP contribution in [0, 0.1) is 0 Å². The molecule has 1 aliphatic rings. The van der Waals surface area contributed by atoms with Crippen LogP contribution in [0.5, 0.6) is 0 Å². The molecule has 0 spiro atoms. The molecule has 0 amide bonds. The van der Waals surface area contributed by atoms with Gasteiger partial charge in [-0.2, -0.15) is 4.98 Å². The maximum Gasteiger partial charge on any atom is 0.345 e. The van der Waals surface area contributed by atoms with Gasteiger partial charge in [0.1, 0.15) is 0 Å². The lowest BCUT2D eigenvalue weighted by atomic mass is 9.85. The van der Waals surface area contributed by atoms with Crippen LogP contribution in [0.4, 0.5) is 0 Å². The molecule has 0 saturated carbocycles. The molecule has 0 saturated heterocycles. The lowest BCUT2D eigenvalue weighted by Crippen LogP contribution is -2.35. The Morgan fingerprint density at radius 3 is 3.00 bits per heavy atom. The van der Waals surface area contributed by atoms with Gasteiger partial charge in [0.15, 0.2) is 0 Å². The first-order valence-electron chi connectivity index (χ1n) is 5.45. The van der Waals surface area contributed by atoms with E-state index < -0.39 is 0 Å². The summed E-state index contributed by atoms with van der Waals surface area (Å²) in [4.78, 5) is 18.3. The molecular formula is C11H17N3O2. The molecule has 0 bridgehead atoms. The van der Waals surface area contributed by atoms with Crippen molar-refractivity contribution in [3.63, 3.8) is 0 Å². The van der Waals surface area contributed by atoms with E-state index >= 15 is 0 Å². The third-order valence-corrected chi connectivity index (χ3v) is 3.02. The van der Waals surface area contributed by atoms with Crippen LogP contribution >= 0.6 is 0 Å². The topological polar surface area (TPSA) is 81.0 Å². The molecule has 0 aromatic carbocycles. The van der Waals surface area contributed by atoms with Crippen molar-refractivity contribution < 1.29 is 4.74 Å². The third-order valence-electron chi connectivity index (χ3n) is 3.02. The van der Waals surface area contributed by atoms with Gasteiger partial charge < -0.3 is 15.5 Å². The zero-order valence-corrected chi connectivity index (χ0v) is 9.67. The van der Waals surface area contributed by atoms with E-state index in [4.69, 9.17) is 10.5 Å². The van der Waals surface area contributed by atoms with Gasteiger partial charge in [-0.3, -0.25) is 0 Å². The Hall–Kier alpha value is -1.20. The fourth-order valence-corrected chi connectivity index (χ4v) is 1.92. The van der Waals surface area contributed by atoms with Crippen LogP contribution in [-0.2, 0) is 23.2 Å². The summed E-state index contributed by atoms with van der Waals surface area (Å²) in [6.45, 7) is 5.59. The van der Waals surface area contributed by atoms with E-state index in [1.807, 2.05) is 13.8 Å². The SMILES string of the molecule is CC(C)(CN)c1nc(=O)[nH]c2c1COCC2. The molecule has 16 heavy (non-hydrogen) atoms. The van der Waals surface area contributed by atoms with Gasteiger partial charge in [-0.15, -0.1) is 0 Å². The van der Waals surface area contributed by atoms with E-state index in [9.17, 15) is 4.79 Å². The van der Waals surface area contributed by atoms with Crippen molar-refractivity contribution in [2.45, 2.75) is 32.3 Å². The van der Waals surface area contributed by atoms with Gasteiger partial charge >= 0.3 is 5.69 Å². The number of nitrogens with one attached hydrogen (secondary N) is 1. The monoisotopic (exact) mass is 223 g/mol. The molecule has 2 rings (SSSR count). The number of nitrogens with two attached hydrogens (primary N) is 1. The molecule has 0 aliphatic carbocycles. The smallest absolute Gasteiger partial charge is 0.345 e. The van der Waals surface area contributed by atoms with Gasteiger partial charge in [-0.25, -0.2) is 4.79 Å². The van der Waals surface area contributed by atoms with Crippen LogP contribution in [0.1, 0.15) is 30.8 Å². The minimum atomic E-state index is -0.294. The Balaban J connectivity index is 2.60. The number of nitrogens with zero attached hydrogens (tertiary/aromatic N) is 1. The number of fused-ring (bicyclic) bond motifs is 1. The average molecular weight is 223 g/mol. The Labute approximate surface area is 94.0 Å². The van der Waals surface area contributed by atoms with Gasteiger partial charge in [-0.1, -0.05) is 13.8 Å². The summed E-state index contributed by atoms with van der Waals surface area (Å²) in [5.74, 6) is 0. The summed E-state index contributed by atoms with van der Waals surface area (Å²) >= 11 is 0. The minimum absolute atomic E-state index is 0.293. The largest absolute Gasteiger partial charge is 0.376 e. The lowest BCUT2D eigenvalue weighted by Gasteiger charge is -2.27. The number of ether oxygens (including phenoxy) is 1. The summed E-state index contributed by atoms with van der Waals surface area (Å²) in [6.07, 6.45) is 0.737. The number of hydrogen-bond donors (Lipinski definition) is 2. The molecule has 2 heterocycles. The van der Waals surface area contributed by atoms with E-state index in [1.165, 1.54) is 0 Å². The summed E-state index contributed by atoms with van der Waals surface area (Å²) in [7, 11) is 0. The molecule has 0 atom stereocenters. The first-order valence-corrected chi connectivity index (χ1v) is 5.45. The Kier molecular flexibility index (Phi) is 2.82. The molecule has 1 aromatic heterocycles. The van der Waals surface area contributed by atoms with Crippen molar-refractivity contribution in [1.29, 1.82) is 0 Å². The van der Waals surface area contributed by atoms with E-state index in [0.29, 0.717) is 19.8 Å².